The van der Waals surface area contributed by atoms with Crippen LogP contribution in [0.3, 0.4) is 0 Å². The van der Waals surface area contributed by atoms with Crippen molar-refractivity contribution in [3.05, 3.63) is 28.2 Å². The minimum absolute atomic E-state index is 0.0611. The lowest BCUT2D eigenvalue weighted by Crippen LogP contribution is -2.24. The number of carbonyl (C=O) groups is 1. The lowest BCUT2D eigenvalue weighted by molar-refractivity contribution is -0.128. The van der Waals surface area contributed by atoms with Gasteiger partial charge in [0.05, 0.1) is 11.3 Å². The number of hydrogen-bond donors (Lipinski definition) is 1. The van der Waals surface area contributed by atoms with Gasteiger partial charge in [-0.25, -0.2) is 0 Å². The summed E-state index contributed by atoms with van der Waals surface area (Å²) < 4.78 is 0.754. The van der Waals surface area contributed by atoms with Gasteiger partial charge in [0.15, 0.2) is 0 Å². The van der Waals surface area contributed by atoms with Crippen LogP contribution in [0.15, 0.2) is 22.7 Å². The average Bonchev–Trinajstić information content (AvgIpc) is 2.29. The number of hydrogen-bond acceptors (Lipinski definition) is 3. The first-order chi connectivity index (χ1) is 8.06. The molecule has 0 spiro atoms. The number of halogens is 1. The Morgan fingerprint density at radius 3 is 2.82 bits per heavy atom. The van der Waals surface area contributed by atoms with Crippen molar-refractivity contribution in [2.45, 2.75) is 6.42 Å². The predicted octanol–water partition coefficient (Wildman–Crippen LogP) is 2.21. The third-order valence-electron chi connectivity index (χ3n) is 2.28. The Morgan fingerprint density at radius 2 is 2.24 bits per heavy atom. The molecule has 0 aliphatic heterocycles. The number of amides is 1. The number of nitrogens with zero attached hydrogens (tertiary/aromatic N) is 2. The topological polar surface area (TPSA) is 56.1 Å². The molecular formula is C12H14BrN3O. The standard InChI is InChI=1S/C12H14BrN3O/c1-16(2)12(17)6-7-15-11-5-3-4-10(13)9(11)8-14/h3-5,15H,6-7H2,1-2H3. The van der Waals surface area contributed by atoms with Gasteiger partial charge in [-0.3, -0.25) is 4.79 Å². The quantitative estimate of drug-likeness (QED) is 0.926. The van der Waals surface area contributed by atoms with Gasteiger partial charge in [-0.1, -0.05) is 6.07 Å². The molecular weight excluding hydrogens is 282 g/mol. The molecule has 0 aliphatic rings. The van der Waals surface area contributed by atoms with E-state index in [0.717, 1.165) is 10.2 Å². The van der Waals surface area contributed by atoms with Crippen molar-refractivity contribution in [3.63, 3.8) is 0 Å². The molecule has 0 unspecified atom stereocenters. The van der Waals surface area contributed by atoms with Crippen LogP contribution in [0.1, 0.15) is 12.0 Å². The van der Waals surface area contributed by atoms with Crippen molar-refractivity contribution >= 4 is 27.5 Å². The van der Waals surface area contributed by atoms with Crippen LogP contribution in [0, 0.1) is 11.3 Å². The van der Waals surface area contributed by atoms with Crippen molar-refractivity contribution < 1.29 is 4.79 Å². The minimum atomic E-state index is 0.0611. The Balaban J connectivity index is 2.62. The molecule has 0 heterocycles. The summed E-state index contributed by atoms with van der Waals surface area (Å²) in [6.07, 6.45) is 0.407. The Labute approximate surface area is 109 Å². The van der Waals surface area contributed by atoms with Crippen LogP contribution in [-0.4, -0.2) is 31.4 Å². The third-order valence-corrected chi connectivity index (χ3v) is 2.94. The van der Waals surface area contributed by atoms with Gasteiger partial charge in [0.25, 0.3) is 0 Å². The number of anilines is 1. The van der Waals surface area contributed by atoms with E-state index in [9.17, 15) is 4.79 Å². The molecule has 1 N–H and O–H groups in total. The molecule has 1 amide bonds. The first kappa shape index (κ1) is 13.5. The Hall–Kier alpha value is -1.54. The zero-order chi connectivity index (χ0) is 12.8. The van der Waals surface area contributed by atoms with Crippen molar-refractivity contribution in [2.24, 2.45) is 0 Å². The second-order valence-electron chi connectivity index (χ2n) is 3.74. The van der Waals surface area contributed by atoms with E-state index in [1.165, 1.54) is 0 Å². The fraction of sp³-hybridized carbons (Fsp3) is 0.333. The van der Waals surface area contributed by atoms with Crippen molar-refractivity contribution in [1.82, 2.24) is 4.90 Å². The summed E-state index contributed by atoms with van der Waals surface area (Å²) in [6, 6.07) is 7.61. The van der Waals surface area contributed by atoms with E-state index >= 15 is 0 Å². The Morgan fingerprint density at radius 1 is 1.53 bits per heavy atom. The number of benzene rings is 1. The maximum Gasteiger partial charge on any atom is 0.223 e. The molecule has 1 rings (SSSR count). The lowest BCUT2D eigenvalue weighted by atomic mass is 10.2. The molecule has 0 fully saturated rings. The minimum Gasteiger partial charge on any atom is -0.383 e. The summed E-state index contributed by atoms with van der Waals surface area (Å²) in [5.74, 6) is 0.0611. The van der Waals surface area contributed by atoms with E-state index in [-0.39, 0.29) is 5.91 Å². The highest BCUT2D eigenvalue weighted by atomic mass is 79.9. The summed E-state index contributed by atoms with van der Waals surface area (Å²) in [5, 5.41) is 12.1. The molecule has 0 aliphatic carbocycles. The molecule has 4 nitrogen and oxygen atoms in total. The van der Waals surface area contributed by atoms with E-state index in [2.05, 4.69) is 27.3 Å². The SMILES string of the molecule is CN(C)C(=O)CCNc1cccc(Br)c1C#N. The fourth-order valence-electron chi connectivity index (χ4n) is 1.31. The highest BCUT2D eigenvalue weighted by Gasteiger charge is 2.07. The lowest BCUT2D eigenvalue weighted by Gasteiger charge is -2.12. The second-order valence-corrected chi connectivity index (χ2v) is 4.59. The van der Waals surface area contributed by atoms with Crippen LogP contribution in [-0.2, 0) is 4.79 Å². The van der Waals surface area contributed by atoms with Gasteiger partial charge in [0.1, 0.15) is 6.07 Å². The highest BCUT2D eigenvalue weighted by molar-refractivity contribution is 9.10. The van der Waals surface area contributed by atoms with Crippen LogP contribution < -0.4 is 5.32 Å². The van der Waals surface area contributed by atoms with Crippen LogP contribution in [0.25, 0.3) is 0 Å². The van der Waals surface area contributed by atoms with Crippen LogP contribution in [0.2, 0.25) is 0 Å². The zero-order valence-electron chi connectivity index (χ0n) is 9.83. The third kappa shape index (κ3) is 3.75. The Kier molecular flexibility index (Phi) is 4.98. The highest BCUT2D eigenvalue weighted by Crippen LogP contribution is 2.23. The summed E-state index contributed by atoms with van der Waals surface area (Å²) >= 11 is 3.31. The first-order valence-corrected chi connectivity index (χ1v) is 5.98. The van der Waals surface area contributed by atoms with Gasteiger partial charge in [-0.2, -0.15) is 5.26 Å². The van der Waals surface area contributed by atoms with E-state index in [1.54, 1.807) is 19.0 Å². The second kappa shape index (κ2) is 6.26. The fourth-order valence-corrected chi connectivity index (χ4v) is 1.77. The van der Waals surface area contributed by atoms with Gasteiger partial charge in [-0.05, 0) is 28.1 Å². The summed E-state index contributed by atoms with van der Waals surface area (Å²) in [6.45, 7) is 0.516. The van der Waals surface area contributed by atoms with Gasteiger partial charge in [0.2, 0.25) is 5.91 Å². The number of rotatable bonds is 4. The number of nitriles is 1. The maximum atomic E-state index is 11.4. The molecule has 0 bridgehead atoms. The monoisotopic (exact) mass is 295 g/mol. The normalized spacial score (nSPS) is 9.53. The molecule has 90 valence electrons. The van der Waals surface area contributed by atoms with E-state index in [0.29, 0.717) is 18.5 Å². The van der Waals surface area contributed by atoms with Crippen molar-refractivity contribution in [2.75, 3.05) is 26.0 Å². The molecule has 5 heteroatoms. The number of carbonyl (C=O) groups excluding carboxylic acids is 1. The summed E-state index contributed by atoms with van der Waals surface area (Å²) in [7, 11) is 3.45. The van der Waals surface area contributed by atoms with Gasteiger partial charge in [-0.15, -0.1) is 0 Å². The molecule has 1 aromatic carbocycles. The van der Waals surface area contributed by atoms with E-state index < -0.39 is 0 Å². The average molecular weight is 296 g/mol. The van der Waals surface area contributed by atoms with Gasteiger partial charge < -0.3 is 10.2 Å². The molecule has 0 saturated carbocycles. The molecule has 1 aromatic rings. The van der Waals surface area contributed by atoms with Crippen molar-refractivity contribution in [1.29, 1.82) is 5.26 Å². The van der Waals surface area contributed by atoms with Crippen LogP contribution in [0.5, 0.6) is 0 Å². The zero-order valence-corrected chi connectivity index (χ0v) is 11.4. The van der Waals surface area contributed by atoms with E-state index in [4.69, 9.17) is 5.26 Å². The Bertz CT molecular complexity index is 452. The van der Waals surface area contributed by atoms with Gasteiger partial charge in [0, 0.05) is 31.5 Å². The summed E-state index contributed by atoms with van der Waals surface area (Å²) in [5.41, 5.74) is 1.30. The first-order valence-electron chi connectivity index (χ1n) is 5.19. The molecule has 0 atom stereocenters. The smallest absolute Gasteiger partial charge is 0.223 e. The van der Waals surface area contributed by atoms with Crippen LogP contribution >= 0.6 is 15.9 Å². The van der Waals surface area contributed by atoms with E-state index in [1.807, 2.05) is 18.2 Å². The van der Waals surface area contributed by atoms with Crippen molar-refractivity contribution in [3.8, 4) is 6.07 Å². The van der Waals surface area contributed by atoms with Crippen LogP contribution in [0.4, 0.5) is 5.69 Å². The largest absolute Gasteiger partial charge is 0.383 e. The summed E-state index contributed by atoms with van der Waals surface area (Å²) in [4.78, 5) is 12.9. The molecule has 17 heavy (non-hydrogen) atoms. The maximum absolute atomic E-state index is 11.4. The molecule has 0 saturated heterocycles. The molecule has 0 radical (unpaired) electrons. The number of nitrogens with one attached hydrogen (secondary N) is 1. The predicted molar refractivity (Wildman–Crippen MR) is 70.7 cm³/mol. The van der Waals surface area contributed by atoms with Gasteiger partial charge >= 0.3 is 0 Å². The molecule has 0 aromatic heterocycles.